The van der Waals surface area contributed by atoms with Gasteiger partial charge in [-0.3, -0.25) is 0 Å². The molecule has 1 heterocycles. The van der Waals surface area contributed by atoms with Crippen molar-refractivity contribution in [3.63, 3.8) is 0 Å². The molecule has 0 fully saturated rings. The van der Waals surface area contributed by atoms with Gasteiger partial charge in [0.2, 0.25) is 0 Å². The number of fused-ring (bicyclic) bond motifs is 1. The number of hydrogen-bond acceptors (Lipinski definition) is 1. The molecule has 3 rings (SSSR count). The Bertz CT molecular complexity index is 575. The van der Waals surface area contributed by atoms with Crippen molar-refractivity contribution in [2.24, 2.45) is 0 Å². The van der Waals surface area contributed by atoms with Crippen LogP contribution in [0.1, 0.15) is 29.8 Å². The highest BCUT2D eigenvalue weighted by atomic mass is 16.5. The van der Waals surface area contributed by atoms with Crippen LogP contribution in [0, 0.1) is 12.1 Å². The predicted octanol–water partition coefficient (Wildman–Crippen LogP) is 3.17. The van der Waals surface area contributed by atoms with Crippen LogP contribution in [0.15, 0.2) is 36.4 Å². The van der Waals surface area contributed by atoms with Crippen molar-refractivity contribution >= 4 is 0 Å². The molecule has 2 heteroatoms. The fourth-order valence-corrected chi connectivity index (χ4v) is 2.85. The number of nitrogens with zero attached hydrogens (tertiary/aromatic N) is 1. The Labute approximate surface area is 107 Å². The fourth-order valence-electron chi connectivity index (χ4n) is 2.85. The minimum absolute atomic E-state index is 0.800. The van der Waals surface area contributed by atoms with Crippen LogP contribution < -0.4 is 4.73 Å². The van der Waals surface area contributed by atoms with E-state index in [0.29, 0.717) is 0 Å². The van der Waals surface area contributed by atoms with Crippen LogP contribution >= 0.6 is 0 Å². The molecule has 0 spiro atoms. The molecule has 0 bridgehead atoms. The van der Waals surface area contributed by atoms with Gasteiger partial charge in [-0.1, -0.05) is 30.3 Å². The highest BCUT2D eigenvalue weighted by molar-refractivity contribution is 5.68. The monoisotopic (exact) mass is 239 g/mol. The van der Waals surface area contributed by atoms with Crippen LogP contribution in [-0.2, 0) is 12.8 Å². The lowest BCUT2D eigenvalue weighted by Crippen LogP contribution is -2.38. The molecule has 2 aromatic rings. The first-order chi connectivity index (χ1) is 8.77. The second-order valence-corrected chi connectivity index (χ2v) is 4.99. The smallest absolute Gasteiger partial charge is 0.196 e. The SMILES string of the molecule is Cc1cc(-c2ccccc2)c2c([n+]1[O-])CCCC2. The zero-order chi connectivity index (χ0) is 12.5. The maximum Gasteiger partial charge on any atom is 0.196 e. The molecule has 0 saturated carbocycles. The average Bonchev–Trinajstić information content (AvgIpc) is 2.44. The van der Waals surface area contributed by atoms with E-state index in [0.717, 1.165) is 35.4 Å². The Balaban J connectivity index is 2.24. The molecule has 0 amide bonds. The average molecular weight is 239 g/mol. The summed E-state index contributed by atoms with van der Waals surface area (Å²) in [5, 5.41) is 12.1. The van der Waals surface area contributed by atoms with E-state index in [1.165, 1.54) is 23.1 Å². The summed E-state index contributed by atoms with van der Waals surface area (Å²) in [4.78, 5) is 0. The third kappa shape index (κ3) is 1.78. The van der Waals surface area contributed by atoms with Gasteiger partial charge in [-0.2, -0.15) is 4.73 Å². The maximum absolute atomic E-state index is 12.1. The van der Waals surface area contributed by atoms with Crippen molar-refractivity contribution in [3.05, 3.63) is 58.6 Å². The summed E-state index contributed by atoms with van der Waals surface area (Å²) in [6.07, 6.45) is 4.27. The molecule has 18 heavy (non-hydrogen) atoms. The fraction of sp³-hybridized carbons (Fsp3) is 0.312. The summed E-state index contributed by atoms with van der Waals surface area (Å²) in [6.45, 7) is 1.90. The standard InChI is InChI=1S/C16H17NO/c1-12-11-15(13-7-3-2-4-8-13)14-9-5-6-10-16(14)17(12)18/h2-4,7-8,11H,5-6,9-10H2,1H3. The van der Waals surface area contributed by atoms with Gasteiger partial charge in [0.25, 0.3) is 0 Å². The van der Waals surface area contributed by atoms with E-state index in [-0.39, 0.29) is 0 Å². The predicted molar refractivity (Wildman–Crippen MR) is 72.2 cm³/mol. The van der Waals surface area contributed by atoms with Crippen LogP contribution in [0.2, 0.25) is 0 Å². The Morgan fingerprint density at radius 1 is 1.06 bits per heavy atom. The summed E-state index contributed by atoms with van der Waals surface area (Å²) in [5.41, 5.74) is 5.51. The number of hydrogen-bond donors (Lipinski definition) is 0. The molecule has 0 N–H and O–H groups in total. The number of benzene rings is 1. The van der Waals surface area contributed by atoms with Gasteiger partial charge in [0.1, 0.15) is 0 Å². The number of aromatic nitrogens is 1. The highest BCUT2D eigenvalue weighted by Crippen LogP contribution is 2.30. The van der Waals surface area contributed by atoms with Crippen molar-refractivity contribution in [1.82, 2.24) is 0 Å². The molecule has 0 saturated heterocycles. The van der Waals surface area contributed by atoms with E-state index >= 15 is 0 Å². The van der Waals surface area contributed by atoms with E-state index in [1.54, 1.807) is 0 Å². The van der Waals surface area contributed by atoms with Gasteiger partial charge in [-0.25, -0.2) is 0 Å². The summed E-state index contributed by atoms with van der Waals surface area (Å²) >= 11 is 0. The minimum atomic E-state index is 0.800. The molecule has 1 aromatic heterocycles. The molecule has 0 radical (unpaired) electrons. The summed E-state index contributed by atoms with van der Waals surface area (Å²) < 4.78 is 1.13. The lowest BCUT2D eigenvalue weighted by molar-refractivity contribution is -0.621. The molecule has 92 valence electrons. The number of rotatable bonds is 1. The molecule has 0 atom stereocenters. The lowest BCUT2D eigenvalue weighted by atomic mass is 9.89. The van der Waals surface area contributed by atoms with E-state index < -0.39 is 0 Å². The zero-order valence-electron chi connectivity index (χ0n) is 10.6. The van der Waals surface area contributed by atoms with Crippen molar-refractivity contribution in [2.75, 3.05) is 0 Å². The first-order valence-corrected chi connectivity index (χ1v) is 6.57. The lowest BCUT2D eigenvalue weighted by Gasteiger charge is -2.20. The van der Waals surface area contributed by atoms with Gasteiger partial charge in [0.15, 0.2) is 11.4 Å². The summed E-state index contributed by atoms with van der Waals surface area (Å²) in [5.74, 6) is 0. The van der Waals surface area contributed by atoms with Crippen molar-refractivity contribution < 1.29 is 4.73 Å². The molecular weight excluding hydrogens is 222 g/mol. The first-order valence-electron chi connectivity index (χ1n) is 6.57. The Morgan fingerprint density at radius 2 is 1.78 bits per heavy atom. The van der Waals surface area contributed by atoms with Gasteiger partial charge >= 0.3 is 0 Å². The van der Waals surface area contributed by atoms with Crippen LogP contribution in [0.25, 0.3) is 11.1 Å². The molecular formula is C16H17NO. The van der Waals surface area contributed by atoms with Crippen LogP contribution in [0.3, 0.4) is 0 Å². The van der Waals surface area contributed by atoms with Gasteiger partial charge < -0.3 is 5.21 Å². The largest absolute Gasteiger partial charge is 0.618 e. The second-order valence-electron chi connectivity index (χ2n) is 4.99. The minimum Gasteiger partial charge on any atom is -0.618 e. The van der Waals surface area contributed by atoms with Crippen LogP contribution in [0.4, 0.5) is 0 Å². The highest BCUT2D eigenvalue weighted by Gasteiger charge is 2.23. The Hall–Kier alpha value is -1.83. The third-order valence-corrected chi connectivity index (χ3v) is 3.77. The van der Waals surface area contributed by atoms with Gasteiger partial charge in [-0.05, 0) is 30.4 Å². The van der Waals surface area contributed by atoms with Crippen molar-refractivity contribution in [1.29, 1.82) is 0 Å². The molecule has 2 nitrogen and oxygen atoms in total. The number of aryl methyl sites for hydroxylation is 1. The maximum atomic E-state index is 12.1. The van der Waals surface area contributed by atoms with Gasteiger partial charge in [0, 0.05) is 25.0 Å². The topological polar surface area (TPSA) is 26.9 Å². The van der Waals surface area contributed by atoms with Gasteiger partial charge in [-0.15, -0.1) is 0 Å². The number of pyridine rings is 1. The molecule has 0 aliphatic heterocycles. The normalized spacial score (nSPS) is 14.3. The molecule has 1 aromatic carbocycles. The van der Waals surface area contributed by atoms with Crippen molar-refractivity contribution in [2.45, 2.75) is 32.6 Å². The van der Waals surface area contributed by atoms with E-state index in [4.69, 9.17) is 0 Å². The van der Waals surface area contributed by atoms with E-state index in [9.17, 15) is 5.21 Å². The summed E-state index contributed by atoms with van der Waals surface area (Å²) in [7, 11) is 0. The van der Waals surface area contributed by atoms with Crippen LogP contribution in [0.5, 0.6) is 0 Å². The Morgan fingerprint density at radius 3 is 2.56 bits per heavy atom. The molecule has 0 unspecified atom stereocenters. The molecule has 1 aliphatic rings. The van der Waals surface area contributed by atoms with Crippen molar-refractivity contribution in [3.8, 4) is 11.1 Å². The second kappa shape index (κ2) is 4.45. The summed E-state index contributed by atoms with van der Waals surface area (Å²) in [6, 6.07) is 12.4. The van der Waals surface area contributed by atoms with Crippen LogP contribution in [-0.4, -0.2) is 0 Å². The zero-order valence-corrected chi connectivity index (χ0v) is 10.6. The quantitative estimate of drug-likeness (QED) is 0.554. The first kappa shape index (κ1) is 11.3. The molecule has 1 aliphatic carbocycles. The van der Waals surface area contributed by atoms with Gasteiger partial charge in [0.05, 0.1) is 0 Å². The van der Waals surface area contributed by atoms with E-state index in [1.807, 2.05) is 19.1 Å². The third-order valence-electron chi connectivity index (χ3n) is 3.77. The van der Waals surface area contributed by atoms with E-state index in [2.05, 4.69) is 24.3 Å². The Kier molecular flexibility index (Phi) is 2.78.